The highest BCUT2D eigenvalue weighted by Crippen LogP contribution is 2.34. The fourth-order valence-electron chi connectivity index (χ4n) is 4.54. The predicted octanol–water partition coefficient (Wildman–Crippen LogP) is 2.80. The first-order valence-electron chi connectivity index (χ1n) is 12.5. The summed E-state index contributed by atoms with van der Waals surface area (Å²) in [5.41, 5.74) is 1.39. The summed E-state index contributed by atoms with van der Waals surface area (Å²) >= 11 is 0. The van der Waals surface area contributed by atoms with Crippen LogP contribution in [0.1, 0.15) is 40.6 Å². The molecule has 198 valence electrons. The molecule has 38 heavy (non-hydrogen) atoms. The number of nitrogens with one attached hydrogen (secondary N) is 2. The third-order valence-electron chi connectivity index (χ3n) is 6.46. The van der Waals surface area contributed by atoms with E-state index in [9.17, 15) is 14.4 Å². The topological polar surface area (TPSA) is 119 Å². The van der Waals surface area contributed by atoms with Crippen LogP contribution in [0.5, 0.6) is 11.5 Å². The number of hydrogen-bond acceptors (Lipinski definition) is 7. The smallest absolute Gasteiger partial charge is 0.287 e. The highest BCUT2D eigenvalue weighted by atomic mass is 16.7. The Morgan fingerprint density at radius 1 is 0.974 bits per heavy atom. The Morgan fingerprint density at radius 3 is 2.58 bits per heavy atom. The molecule has 2 aromatic carbocycles. The third kappa shape index (κ3) is 5.97. The van der Waals surface area contributed by atoms with Crippen molar-refractivity contribution in [3.8, 4) is 11.5 Å². The molecule has 0 unspecified atom stereocenters. The lowest BCUT2D eigenvalue weighted by Gasteiger charge is -2.32. The number of ether oxygens (including phenoxy) is 3. The Labute approximate surface area is 219 Å². The van der Waals surface area contributed by atoms with Gasteiger partial charge < -0.3 is 34.2 Å². The van der Waals surface area contributed by atoms with Gasteiger partial charge in [-0.15, -0.1) is 0 Å². The molecule has 1 aromatic heterocycles. The van der Waals surface area contributed by atoms with Crippen LogP contribution < -0.4 is 20.1 Å². The van der Waals surface area contributed by atoms with Crippen molar-refractivity contribution in [2.24, 2.45) is 0 Å². The van der Waals surface area contributed by atoms with Gasteiger partial charge in [-0.3, -0.25) is 14.4 Å². The van der Waals surface area contributed by atoms with Crippen molar-refractivity contribution in [1.29, 1.82) is 0 Å². The summed E-state index contributed by atoms with van der Waals surface area (Å²) in [6, 6.07) is 16.6. The van der Waals surface area contributed by atoms with Crippen molar-refractivity contribution in [1.82, 2.24) is 15.5 Å². The molecule has 5 rings (SSSR count). The van der Waals surface area contributed by atoms with E-state index < -0.39 is 17.9 Å². The van der Waals surface area contributed by atoms with Crippen molar-refractivity contribution in [2.75, 3.05) is 26.5 Å². The second kappa shape index (κ2) is 11.8. The fourth-order valence-corrected chi connectivity index (χ4v) is 4.54. The Bertz CT molecular complexity index is 1260. The van der Waals surface area contributed by atoms with E-state index in [0.717, 1.165) is 18.4 Å². The standard InChI is InChI=1S/C28H29N3O7/c32-25(16-30-27(33)23-9-5-13-36-23)31(17-19-10-11-22-24(14-19)38-18-37-22)26(20-6-2-1-3-7-20)28(34)29-15-21-8-4-12-35-21/h1-3,5-7,9-11,13-14,21,26H,4,8,12,15-18H2,(H,29,34)(H,30,33)/t21-,26+/m1/s1. The molecule has 3 amide bonds. The Balaban J connectivity index is 1.41. The highest BCUT2D eigenvalue weighted by molar-refractivity contribution is 5.95. The molecule has 3 aromatic rings. The molecule has 10 nitrogen and oxygen atoms in total. The van der Waals surface area contributed by atoms with E-state index in [4.69, 9.17) is 18.6 Å². The summed E-state index contributed by atoms with van der Waals surface area (Å²) in [5, 5.41) is 5.56. The molecule has 1 saturated heterocycles. The number of carbonyl (C=O) groups excluding carboxylic acids is 3. The van der Waals surface area contributed by atoms with Crippen LogP contribution >= 0.6 is 0 Å². The van der Waals surface area contributed by atoms with Gasteiger partial charge in [0.15, 0.2) is 17.3 Å². The molecule has 0 spiro atoms. The monoisotopic (exact) mass is 519 g/mol. The normalized spacial score (nSPS) is 16.6. The molecule has 0 saturated carbocycles. The maximum absolute atomic E-state index is 13.7. The van der Waals surface area contributed by atoms with Gasteiger partial charge in [-0.1, -0.05) is 36.4 Å². The first-order chi connectivity index (χ1) is 18.6. The minimum Gasteiger partial charge on any atom is -0.459 e. The second-order valence-corrected chi connectivity index (χ2v) is 9.06. The zero-order valence-electron chi connectivity index (χ0n) is 20.8. The number of carbonyl (C=O) groups is 3. The number of rotatable bonds is 10. The van der Waals surface area contributed by atoms with Crippen LogP contribution in [0.15, 0.2) is 71.3 Å². The predicted molar refractivity (Wildman–Crippen MR) is 135 cm³/mol. The fraction of sp³-hybridized carbons (Fsp3) is 0.321. The minimum atomic E-state index is -0.948. The molecule has 3 heterocycles. The summed E-state index contributed by atoms with van der Waals surface area (Å²) in [4.78, 5) is 41.2. The number of amides is 3. The summed E-state index contributed by atoms with van der Waals surface area (Å²) in [6.45, 7) is 0.917. The van der Waals surface area contributed by atoms with E-state index in [0.29, 0.717) is 30.2 Å². The minimum absolute atomic E-state index is 0.0547. The van der Waals surface area contributed by atoms with E-state index in [2.05, 4.69) is 10.6 Å². The number of benzene rings is 2. The molecule has 2 atom stereocenters. The zero-order valence-corrected chi connectivity index (χ0v) is 20.8. The summed E-state index contributed by atoms with van der Waals surface area (Å²) in [7, 11) is 0. The van der Waals surface area contributed by atoms with Crippen LogP contribution in [-0.2, 0) is 20.9 Å². The van der Waals surface area contributed by atoms with E-state index >= 15 is 0 Å². The maximum Gasteiger partial charge on any atom is 0.287 e. The van der Waals surface area contributed by atoms with Crippen LogP contribution in [0.2, 0.25) is 0 Å². The average molecular weight is 520 g/mol. The molecule has 1 fully saturated rings. The SMILES string of the molecule is O=C(NCC(=O)N(Cc1ccc2c(c1)OCO2)[C@H](C(=O)NC[C@H]1CCCO1)c1ccccc1)c1ccco1. The van der Waals surface area contributed by atoms with Crippen LogP contribution in [0.4, 0.5) is 0 Å². The van der Waals surface area contributed by atoms with E-state index in [1.54, 1.807) is 30.3 Å². The quantitative estimate of drug-likeness (QED) is 0.423. The third-order valence-corrected chi connectivity index (χ3v) is 6.46. The van der Waals surface area contributed by atoms with Crippen LogP contribution in [0, 0.1) is 0 Å². The molecule has 2 aliphatic heterocycles. The largest absolute Gasteiger partial charge is 0.459 e. The van der Waals surface area contributed by atoms with Gasteiger partial charge in [0.2, 0.25) is 18.6 Å². The Hall–Kier alpha value is -4.31. The van der Waals surface area contributed by atoms with E-state index in [1.165, 1.54) is 17.2 Å². The lowest BCUT2D eigenvalue weighted by Crippen LogP contribution is -2.48. The average Bonchev–Trinajstić information content (AvgIpc) is 3.73. The zero-order chi connectivity index (χ0) is 26.3. The molecule has 2 aliphatic rings. The van der Waals surface area contributed by atoms with Crippen molar-refractivity contribution >= 4 is 17.7 Å². The first kappa shape index (κ1) is 25.3. The first-order valence-corrected chi connectivity index (χ1v) is 12.5. The summed E-state index contributed by atoms with van der Waals surface area (Å²) < 4.78 is 21.7. The van der Waals surface area contributed by atoms with E-state index in [-0.39, 0.29) is 37.7 Å². The number of nitrogens with zero attached hydrogens (tertiary/aromatic N) is 1. The molecule has 2 N–H and O–H groups in total. The molecule has 0 aliphatic carbocycles. The van der Waals surface area contributed by atoms with Gasteiger partial charge in [0.1, 0.15) is 6.04 Å². The molecule has 10 heteroatoms. The Kier molecular flexibility index (Phi) is 7.89. The molecule has 0 radical (unpaired) electrons. The van der Waals surface area contributed by atoms with Gasteiger partial charge in [-0.25, -0.2) is 0 Å². The maximum atomic E-state index is 13.7. The number of hydrogen-bond donors (Lipinski definition) is 2. The van der Waals surface area contributed by atoms with Gasteiger partial charge in [-0.2, -0.15) is 0 Å². The van der Waals surface area contributed by atoms with Crippen molar-refractivity contribution in [3.63, 3.8) is 0 Å². The number of furan rings is 1. The lowest BCUT2D eigenvalue weighted by molar-refractivity contribution is -0.141. The van der Waals surface area contributed by atoms with Gasteiger partial charge in [0, 0.05) is 19.7 Å². The van der Waals surface area contributed by atoms with Gasteiger partial charge in [0.05, 0.1) is 18.9 Å². The highest BCUT2D eigenvalue weighted by Gasteiger charge is 2.33. The van der Waals surface area contributed by atoms with Crippen LogP contribution in [-0.4, -0.2) is 55.2 Å². The van der Waals surface area contributed by atoms with Crippen molar-refractivity contribution in [3.05, 3.63) is 83.8 Å². The molecular formula is C28H29N3O7. The summed E-state index contributed by atoms with van der Waals surface area (Å²) in [6.07, 6.45) is 3.15. The summed E-state index contributed by atoms with van der Waals surface area (Å²) in [5.74, 6) is -0.0206. The van der Waals surface area contributed by atoms with Crippen LogP contribution in [0.3, 0.4) is 0 Å². The van der Waals surface area contributed by atoms with Crippen LogP contribution in [0.25, 0.3) is 0 Å². The Morgan fingerprint density at radius 2 is 1.82 bits per heavy atom. The van der Waals surface area contributed by atoms with Gasteiger partial charge in [-0.05, 0) is 48.2 Å². The second-order valence-electron chi connectivity index (χ2n) is 9.06. The number of fused-ring (bicyclic) bond motifs is 1. The molecule has 0 bridgehead atoms. The van der Waals surface area contributed by atoms with Gasteiger partial charge in [0.25, 0.3) is 5.91 Å². The lowest BCUT2D eigenvalue weighted by atomic mass is 10.0. The molecular weight excluding hydrogens is 490 g/mol. The van der Waals surface area contributed by atoms with E-state index in [1.807, 2.05) is 24.3 Å². The van der Waals surface area contributed by atoms with Crippen molar-refractivity contribution in [2.45, 2.75) is 31.5 Å². The van der Waals surface area contributed by atoms with Gasteiger partial charge >= 0.3 is 0 Å². The van der Waals surface area contributed by atoms with Crippen molar-refractivity contribution < 1.29 is 33.0 Å².